The molecule has 8 bridgehead atoms. The molecule has 332 valence electrons. The number of carbonyl (C=O) groups excluding carboxylic acids is 2. The van der Waals surface area contributed by atoms with Crippen LogP contribution in [0.25, 0.3) is 0 Å². The molecule has 20 heteroatoms. The van der Waals surface area contributed by atoms with Crippen LogP contribution in [0.5, 0.6) is 0 Å². The second-order valence-electron chi connectivity index (χ2n) is 15.1. The molecule has 3 atom stereocenters. The number of hydrogen-bond donors (Lipinski definition) is 9. The predicted octanol–water partition coefficient (Wildman–Crippen LogP) is 0.351. The first-order valence-electron chi connectivity index (χ1n) is 19.9. The number of allylic oxidation sites excluding steroid dienone is 11. The van der Waals surface area contributed by atoms with Gasteiger partial charge >= 0.3 is 53.4 Å². The number of aliphatic imine (C=N–C) groups is 3. The van der Waals surface area contributed by atoms with Crippen molar-refractivity contribution in [1.82, 2.24) is 21.4 Å². The third-order valence-corrected chi connectivity index (χ3v) is 10.8. The molecule has 0 aromatic carbocycles. The van der Waals surface area contributed by atoms with Gasteiger partial charge in [-0.1, -0.05) is 12.7 Å². The second-order valence-corrected chi connectivity index (χ2v) is 15.1. The van der Waals surface area contributed by atoms with Gasteiger partial charge in [-0.2, -0.15) is 0 Å². The van der Waals surface area contributed by atoms with E-state index in [1.807, 2.05) is 6.92 Å². The van der Waals surface area contributed by atoms with Crippen molar-refractivity contribution in [3.63, 3.8) is 0 Å². The van der Waals surface area contributed by atoms with E-state index >= 15 is 0 Å². The van der Waals surface area contributed by atoms with Crippen LogP contribution in [0.15, 0.2) is 132 Å². The summed E-state index contributed by atoms with van der Waals surface area (Å²) in [6, 6.07) is -3.31. The number of nitrogens with zero attached hydrogens (tertiary/aromatic N) is 3. The number of carboxylic acid groups (broad SMARTS) is 4. The van der Waals surface area contributed by atoms with E-state index in [1.54, 1.807) is 64.2 Å². The van der Waals surface area contributed by atoms with E-state index in [9.17, 15) is 54.3 Å². The molecule has 9 N–H and O–H groups in total. The van der Waals surface area contributed by atoms with Crippen LogP contribution >= 0.6 is 0 Å². The van der Waals surface area contributed by atoms with Crippen molar-refractivity contribution in [2.24, 2.45) is 15.0 Å². The average Bonchev–Trinajstić information content (AvgIpc) is 3.84. The summed E-state index contributed by atoms with van der Waals surface area (Å²) in [6.07, 6.45) is 9.63. The molecule has 0 saturated carbocycles. The smallest absolute Gasteiger partial charge is 0.481 e. The molecule has 19 nitrogen and oxygen atoms in total. The fraction of sp³-hybridized carbons (Fsp3) is 0.341. The van der Waals surface area contributed by atoms with E-state index in [2.05, 4.69) is 28.0 Å². The van der Waals surface area contributed by atoms with Gasteiger partial charge in [0, 0.05) is 35.9 Å². The summed E-state index contributed by atoms with van der Waals surface area (Å²) < 4.78 is 0. The Morgan fingerprint density at radius 3 is 1.84 bits per heavy atom. The average molecular weight is 891 g/mol. The van der Waals surface area contributed by atoms with Gasteiger partial charge in [0.05, 0.1) is 59.4 Å². The molecule has 5 aliphatic rings. The van der Waals surface area contributed by atoms with Crippen LogP contribution in [0.3, 0.4) is 0 Å². The molecule has 3 unspecified atom stereocenters. The molecule has 5 heterocycles. The molecule has 0 radical (unpaired) electrons. The van der Waals surface area contributed by atoms with Crippen molar-refractivity contribution in [3.8, 4) is 0 Å². The minimum absolute atomic E-state index is 0. The van der Waals surface area contributed by atoms with Gasteiger partial charge in [0.15, 0.2) is 0 Å². The largest absolute Gasteiger partial charge is 1.00 e. The molecular formula is C44H49N7NaO12+. The van der Waals surface area contributed by atoms with Crippen molar-refractivity contribution >= 4 is 52.8 Å². The van der Waals surface area contributed by atoms with Crippen molar-refractivity contribution in [3.05, 3.63) is 117 Å². The SMILES string of the molecule is C=CC1=C(C)C2=CC3=NC(=CC4=NC(=CC5=C(/C=C/NOCC)C(C)(O)C(=CC1=N2)N5)C(C)=C4CCC(=O)NC(CC(=O)O)C(=O)O)C(CCC(=O)NC(CC(=O)O)C(=O)O)=C3C.[Na+]. The molecule has 5 rings (SSSR count). The summed E-state index contributed by atoms with van der Waals surface area (Å²) in [6.45, 7) is 13.2. The molecule has 64 heavy (non-hydrogen) atoms. The summed E-state index contributed by atoms with van der Waals surface area (Å²) in [4.78, 5) is 92.3. The molecule has 2 amide bonds. The minimum Gasteiger partial charge on any atom is -0.481 e. The first-order valence-corrected chi connectivity index (χ1v) is 19.9. The van der Waals surface area contributed by atoms with E-state index < -0.39 is 66.2 Å². The zero-order valence-corrected chi connectivity index (χ0v) is 38.3. The number of hydrogen-bond acceptors (Lipinski definition) is 13. The Labute approximate surface area is 390 Å². The van der Waals surface area contributed by atoms with Gasteiger partial charge in [-0.15, -0.1) is 0 Å². The van der Waals surface area contributed by atoms with Crippen LogP contribution in [0.1, 0.15) is 73.1 Å². The molecule has 5 aliphatic heterocycles. The quantitative estimate of drug-likeness (QED) is 0.0481. The van der Waals surface area contributed by atoms with Crippen LogP contribution in [-0.2, 0) is 33.6 Å². The van der Waals surface area contributed by atoms with Crippen molar-refractivity contribution in [2.75, 3.05) is 6.61 Å². The van der Waals surface area contributed by atoms with Crippen molar-refractivity contribution in [1.29, 1.82) is 0 Å². The van der Waals surface area contributed by atoms with Gasteiger partial charge < -0.3 is 41.5 Å². The molecule has 0 aliphatic carbocycles. The van der Waals surface area contributed by atoms with Crippen LogP contribution in [-0.4, -0.2) is 103 Å². The summed E-state index contributed by atoms with van der Waals surface area (Å²) >= 11 is 0. The number of nitrogens with one attached hydrogen (secondary N) is 4. The number of fused-ring (bicyclic) bond motifs is 5. The summed E-state index contributed by atoms with van der Waals surface area (Å²) in [5.41, 5.74) is 8.94. The molecule has 0 fully saturated rings. The van der Waals surface area contributed by atoms with E-state index in [-0.39, 0.29) is 55.2 Å². The van der Waals surface area contributed by atoms with Gasteiger partial charge in [-0.3, -0.25) is 29.5 Å². The minimum atomic E-state index is -1.66. The summed E-state index contributed by atoms with van der Waals surface area (Å²) in [5.74, 6) is -7.24. The fourth-order valence-corrected chi connectivity index (χ4v) is 7.34. The van der Waals surface area contributed by atoms with E-state index in [0.717, 1.165) is 5.57 Å². The summed E-state index contributed by atoms with van der Waals surface area (Å²) in [7, 11) is 0. The van der Waals surface area contributed by atoms with Gasteiger partial charge in [-0.05, 0) is 106 Å². The van der Waals surface area contributed by atoms with Gasteiger partial charge in [0.2, 0.25) is 11.8 Å². The number of carboxylic acids is 4. The number of hydroxylamine groups is 1. The Hall–Kier alpha value is -6.25. The number of aliphatic hydroxyl groups is 1. The zero-order chi connectivity index (χ0) is 46.3. The number of amides is 2. The molecular weight excluding hydrogens is 842 g/mol. The normalized spacial score (nSPS) is 19.9. The monoisotopic (exact) mass is 890 g/mol. The second kappa shape index (κ2) is 21.4. The molecule has 0 aromatic heterocycles. The summed E-state index contributed by atoms with van der Waals surface area (Å²) in [5, 5.41) is 57.4. The van der Waals surface area contributed by atoms with E-state index in [0.29, 0.717) is 85.7 Å². The van der Waals surface area contributed by atoms with Crippen LogP contribution in [0, 0.1) is 0 Å². The third-order valence-electron chi connectivity index (χ3n) is 10.8. The van der Waals surface area contributed by atoms with Gasteiger partial charge in [-0.25, -0.2) is 24.6 Å². The Morgan fingerprint density at radius 1 is 0.766 bits per heavy atom. The number of aliphatic carboxylic acids is 4. The fourth-order valence-electron chi connectivity index (χ4n) is 7.34. The van der Waals surface area contributed by atoms with E-state index in [1.165, 1.54) is 6.20 Å². The maximum atomic E-state index is 13.1. The Bertz CT molecular complexity index is 2460. The van der Waals surface area contributed by atoms with Gasteiger partial charge in [0.1, 0.15) is 17.7 Å². The van der Waals surface area contributed by atoms with Crippen molar-refractivity contribution in [2.45, 2.75) is 90.8 Å². The maximum absolute atomic E-state index is 13.1. The van der Waals surface area contributed by atoms with Crippen LogP contribution in [0.2, 0.25) is 0 Å². The first kappa shape index (κ1) is 50.4. The first-order chi connectivity index (χ1) is 29.7. The van der Waals surface area contributed by atoms with E-state index in [4.69, 9.17) is 19.8 Å². The number of carbonyl (C=O) groups is 6. The standard InChI is InChI=1S/C44H49N7O12.Na/c1-7-24-21(3)28-15-29-22(4)25(9-11-38(52)50-35(42(58)59)19-40(54)55)31(46-29)17-32-26(10-12-39(53)51-36(43(60)61)20-41(56)57)23(5)30(47-32)16-34-27(13-14-45-63-8-2)44(6,62)37(49-34)18-33(24)48-28;/h7,13-18,35-36,45,49,62H,1,8-12,19-20H2,2-6H3,(H,50,52)(H,51,53)(H,54,55)(H,56,57)(H,58,59)(H,60,61);/q;+1/b14-13+,28-15?,30-16?,31-17?,37-18?;. The Morgan fingerprint density at radius 2 is 1.30 bits per heavy atom. The topological polar surface area (TPSA) is 298 Å². The predicted molar refractivity (Wildman–Crippen MR) is 230 cm³/mol. The maximum Gasteiger partial charge on any atom is 1.00 e. The van der Waals surface area contributed by atoms with Gasteiger partial charge in [0.25, 0.3) is 0 Å². The Kier molecular flexibility index (Phi) is 16.9. The number of rotatable bonds is 19. The van der Waals surface area contributed by atoms with Crippen molar-refractivity contribution < 1.29 is 88.7 Å². The van der Waals surface area contributed by atoms with Crippen LogP contribution < -0.4 is 51.0 Å². The third kappa shape index (κ3) is 11.7. The molecule has 0 saturated heterocycles. The molecule has 0 aromatic rings. The van der Waals surface area contributed by atoms with Crippen LogP contribution in [0.4, 0.5) is 0 Å². The Balaban J connectivity index is 0.00000898. The molecule has 0 spiro atoms. The zero-order valence-electron chi connectivity index (χ0n) is 36.3.